The van der Waals surface area contributed by atoms with Crippen molar-refractivity contribution in [2.75, 3.05) is 19.6 Å². The minimum atomic E-state index is -3.66. The fourth-order valence-electron chi connectivity index (χ4n) is 2.49. The minimum absolute atomic E-state index is 0.0713. The number of halogens is 1. The van der Waals surface area contributed by atoms with Crippen LogP contribution in [0.3, 0.4) is 0 Å². The quantitative estimate of drug-likeness (QED) is 0.891. The van der Waals surface area contributed by atoms with Crippen molar-refractivity contribution in [2.24, 2.45) is 0 Å². The second kappa shape index (κ2) is 7.44. The number of likely N-dealkylation sites (tertiary alicyclic amines) is 1. The molecule has 2 rings (SSSR count). The lowest BCUT2D eigenvalue weighted by Crippen LogP contribution is -2.38. The zero-order chi connectivity index (χ0) is 16.2. The molecule has 1 fully saturated rings. The molecule has 0 saturated carbocycles. The Morgan fingerprint density at radius 3 is 2.77 bits per heavy atom. The molecule has 0 spiro atoms. The van der Waals surface area contributed by atoms with E-state index in [-0.39, 0.29) is 22.4 Å². The van der Waals surface area contributed by atoms with Crippen molar-refractivity contribution in [2.45, 2.75) is 37.5 Å². The van der Waals surface area contributed by atoms with Crippen molar-refractivity contribution in [3.63, 3.8) is 0 Å². The summed E-state index contributed by atoms with van der Waals surface area (Å²) in [6, 6.07) is 4.82. The third kappa shape index (κ3) is 4.44. The van der Waals surface area contributed by atoms with Gasteiger partial charge in [-0.1, -0.05) is 24.1 Å². The first-order chi connectivity index (χ1) is 10.4. The average molecular weight is 345 g/mol. The van der Waals surface area contributed by atoms with Crippen molar-refractivity contribution >= 4 is 27.5 Å². The lowest BCUT2D eigenvalue weighted by atomic mass is 10.2. The highest BCUT2D eigenvalue weighted by atomic mass is 35.5. The number of carbonyl (C=O) groups is 1. The highest BCUT2D eigenvalue weighted by Gasteiger charge is 2.20. The predicted octanol–water partition coefficient (Wildman–Crippen LogP) is 2.33. The molecule has 0 unspecified atom stereocenters. The SMILES string of the molecule is Cc1ccc(S(=O)(=O)NCCN2CCCCCC2=O)c(Cl)c1. The maximum Gasteiger partial charge on any atom is 0.242 e. The van der Waals surface area contributed by atoms with Gasteiger partial charge in [-0.25, -0.2) is 13.1 Å². The first kappa shape index (κ1) is 17.2. The Bertz CT molecular complexity index is 646. The molecular weight excluding hydrogens is 324 g/mol. The van der Waals surface area contributed by atoms with Crippen LogP contribution in [0.5, 0.6) is 0 Å². The van der Waals surface area contributed by atoms with Gasteiger partial charge in [0.2, 0.25) is 15.9 Å². The summed E-state index contributed by atoms with van der Waals surface area (Å²) in [6.45, 7) is 3.13. The van der Waals surface area contributed by atoms with Crippen LogP contribution in [0.4, 0.5) is 0 Å². The van der Waals surface area contributed by atoms with E-state index in [1.165, 1.54) is 6.07 Å². The van der Waals surface area contributed by atoms with Crippen LogP contribution in [0.15, 0.2) is 23.1 Å². The fourth-order valence-corrected chi connectivity index (χ4v) is 4.11. The number of sulfonamides is 1. The Balaban J connectivity index is 1.96. The van der Waals surface area contributed by atoms with Crippen LogP contribution >= 0.6 is 11.6 Å². The average Bonchev–Trinajstić information content (AvgIpc) is 2.63. The molecule has 22 heavy (non-hydrogen) atoms. The molecule has 5 nitrogen and oxygen atoms in total. The normalized spacial score (nSPS) is 16.6. The highest BCUT2D eigenvalue weighted by Crippen LogP contribution is 2.22. The van der Waals surface area contributed by atoms with Crippen molar-refractivity contribution < 1.29 is 13.2 Å². The van der Waals surface area contributed by atoms with Crippen LogP contribution < -0.4 is 4.72 Å². The van der Waals surface area contributed by atoms with Gasteiger partial charge in [0.05, 0.1) is 5.02 Å². The van der Waals surface area contributed by atoms with Crippen molar-refractivity contribution in [3.05, 3.63) is 28.8 Å². The van der Waals surface area contributed by atoms with E-state index in [1.807, 2.05) is 6.92 Å². The first-order valence-electron chi connectivity index (χ1n) is 7.44. The third-order valence-corrected chi connectivity index (χ3v) is 5.67. The maximum atomic E-state index is 12.3. The standard InChI is InChI=1S/C15H21ClN2O3S/c1-12-6-7-14(13(16)11-12)22(20,21)17-8-10-18-9-4-2-3-5-15(18)19/h6-7,11,17H,2-5,8-10H2,1H3. The minimum Gasteiger partial charge on any atom is -0.341 e. The second-order valence-corrected chi connectivity index (χ2v) is 7.67. The zero-order valence-corrected chi connectivity index (χ0v) is 14.2. The summed E-state index contributed by atoms with van der Waals surface area (Å²) in [6.07, 6.45) is 3.49. The molecule has 1 N–H and O–H groups in total. The van der Waals surface area contributed by atoms with Gasteiger partial charge in [0.15, 0.2) is 0 Å². The molecule has 0 aromatic heterocycles. The van der Waals surface area contributed by atoms with E-state index in [4.69, 9.17) is 11.6 Å². The number of amides is 1. The third-order valence-electron chi connectivity index (χ3n) is 3.72. The fraction of sp³-hybridized carbons (Fsp3) is 0.533. The smallest absolute Gasteiger partial charge is 0.242 e. The number of nitrogens with one attached hydrogen (secondary N) is 1. The summed E-state index contributed by atoms with van der Waals surface area (Å²) in [7, 11) is -3.66. The summed E-state index contributed by atoms with van der Waals surface area (Å²) in [4.78, 5) is 13.7. The van der Waals surface area contributed by atoms with E-state index in [0.29, 0.717) is 19.5 Å². The zero-order valence-electron chi connectivity index (χ0n) is 12.6. The van der Waals surface area contributed by atoms with E-state index in [0.717, 1.165) is 24.8 Å². The molecule has 7 heteroatoms. The number of hydrogen-bond acceptors (Lipinski definition) is 3. The lowest BCUT2D eigenvalue weighted by molar-refractivity contribution is -0.130. The number of benzene rings is 1. The van der Waals surface area contributed by atoms with Crippen molar-refractivity contribution in [1.82, 2.24) is 9.62 Å². The van der Waals surface area contributed by atoms with Crippen molar-refractivity contribution in [1.29, 1.82) is 0 Å². The summed E-state index contributed by atoms with van der Waals surface area (Å²) in [5.74, 6) is 0.102. The highest BCUT2D eigenvalue weighted by molar-refractivity contribution is 7.89. The molecule has 122 valence electrons. The van der Waals surface area contributed by atoms with Gasteiger partial charge in [-0.05, 0) is 37.5 Å². The Kier molecular flexibility index (Phi) is 5.83. The Morgan fingerprint density at radius 1 is 1.27 bits per heavy atom. The van der Waals surface area contributed by atoms with Gasteiger partial charge >= 0.3 is 0 Å². The summed E-state index contributed by atoms with van der Waals surface area (Å²) in [5, 5.41) is 0.207. The molecule has 1 saturated heterocycles. The van der Waals surface area contributed by atoms with Crippen LogP contribution in [0.1, 0.15) is 31.2 Å². The molecular formula is C15H21ClN2O3S. The van der Waals surface area contributed by atoms with E-state index < -0.39 is 10.0 Å². The van der Waals surface area contributed by atoms with Crippen LogP contribution in [0.25, 0.3) is 0 Å². The molecule has 1 aliphatic rings. The Labute approximate surface area is 136 Å². The van der Waals surface area contributed by atoms with Gasteiger partial charge < -0.3 is 4.90 Å². The summed E-state index contributed by atoms with van der Waals surface area (Å²) >= 11 is 6.00. The van der Waals surface area contributed by atoms with Gasteiger partial charge in [0.1, 0.15) is 4.90 Å². The van der Waals surface area contributed by atoms with E-state index >= 15 is 0 Å². The number of carbonyl (C=O) groups excluding carboxylic acids is 1. The molecule has 1 aliphatic heterocycles. The molecule has 0 atom stereocenters. The van der Waals surface area contributed by atoms with E-state index in [1.54, 1.807) is 17.0 Å². The van der Waals surface area contributed by atoms with Gasteiger partial charge in [-0.3, -0.25) is 4.79 Å². The molecule has 1 aromatic carbocycles. The summed E-state index contributed by atoms with van der Waals surface area (Å²) < 4.78 is 27.0. The number of nitrogens with zero attached hydrogens (tertiary/aromatic N) is 1. The van der Waals surface area contributed by atoms with E-state index in [9.17, 15) is 13.2 Å². The predicted molar refractivity (Wildman–Crippen MR) is 86.4 cm³/mol. The molecule has 1 amide bonds. The van der Waals surface area contributed by atoms with Crippen molar-refractivity contribution in [3.8, 4) is 0 Å². The van der Waals surface area contributed by atoms with E-state index in [2.05, 4.69) is 4.72 Å². The maximum absolute atomic E-state index is 12.3. The monoisotopic (exact) mass is 344 g/mol. The molecule has 1 heterocycles. The first-order valence-corrected chi connectivity index (χ1v) is 9.30. The second-order valence-electron chi connectivity index (χ2n) is 5.52. The Hall–Kier alpha value is -1.11. The van der Waals surface area contributed by atoms with Gasteiger partial charge in [-0.15, -0.1) is 0 Å². The van der Waals surface area contributed by atoms with Crippen LogP contribution in [0.2, 0.25) is 5.02 Å². The van der Waals surface area contributed by atoms with Crippen LogP contribution in [0, 0.1) is 6.92 Å². The lowest BCUT2D eigenvalue weighted by Gasteiger charge is -2.20. The molecule has 0 radical (unpaired) electrons. The summed E-state index contributed by atoms with van der Waals surface area (Å²) in [5.41, 5.74) is 0.902. The van der Waals surface area contributed by atoms with Gasteiger partial charge in [0, 0.05) is 26.1 Å². The van der Waals surface area contributed by atoms with Crippen LogP contribution in [-0.2, 0) is 14.8 Å². The largest absolute Gasteiger partial charge is 0.341 e. The number of hydrogen-bond donors (Lipinski definition) is 1. The van der Waals surface area contributed by atoms with Gasteiger partial charge in [-0.2, -0.15) is 0 Å². The molecule has 0 aliphatic carbocycles. The number of rotatable bonds is 5. The number of aryl methyl sites for hydroxylation is 1. The van der Waals surface area contributed by atoms with Gasteiger partial charge in [0.25, 0.3) is 0 Å². The Morgan fingerprint density at radius 2 is 2.05 bits per heavy atom. The molecule has 1 aromatic rings. The van der Waals surface area contributed by atoms with Crippen LogP contribution in [-0.4, -0.2) is 38.9 Å². The molecule has 0 bridgehead atoms. The topological polar surface area (TPSA) is 66.5 Å².